The molecule has 198 valence electrons. The third kappa shape index (κ3) is 5.25. The number of benzene rings is 2. The molecule has 1 aliphatic carbocycles. The topological polar surface area (TPSA) is 78.5 Å². The van der Waals surface area contributed by atoms with Crippen LogP contribution in [-0.2, 0) is 4.79 Å². The number of methoxy groups -OCH3 is 5. The highest BCUT2D eigenvalue weighted by Crippen LogP contribution is 2.48. The van der Waals surface area contributed by atoms with Crippen molar-refractivity contribution in [2.24, 2.45) is 0 Å². The third-order valence-electron chi connectivity index (χ3n) is 7.09. The number of carbonyl (C=O) groups is 1. The number of nitrogens with zero attached hydrogens (tertiary/aromatic N) is 1. The van der Waals surface area contributed by atoms with Gasteiger partial charge in [0.2, 0.25) is 11.7 Å². The Morgan fingerprint density at radius 3 is 2.03 bits per heavy atom. The summed E-state index contributed by atoms with van der Waals surface area (Å²) in [5, 5.41) is 3.21. The summed E-state index contributed by atoms with van der Waals surface area (Å²) in [6, 6.07) is 7.92. The van der Waals surface area contributed by atoms with Gasteiger partial charge in [-0.1, -0.05) is 0 Å². The Morgan fingerprint density at radius 2 is 1.51 bits per heavy atom. The second-order valence-corrected chi connectivity index (χ2v) is 9.37. The Balaban J connectivity index is 1.79. The molecule has 1 amide bonds. The summed E-state index contributed by atoms with van der Waals surface area (Å²) in [5.41, 5.74) is 5.81. The molecule has 1 saturated heterocycles. The summed E-state index contributed by atoms with van der Waals surface area (Å²) >= 11 is 0. The van der Waals surface area contributed by atoms with E-state index in [1.807, 2.05) is 24.3 Å². The Hall–Kier alpha value is -3.65. The zero-order valence-corrected chi connectivity index (χ0v) is 22.7. The maximum atomic E-state index is 13.1. The molecule has 0 radical (unpaired) electrons. The maximum Gasteiger partial charge on any atom is 0.224 e. The first-order valence-electron chi connectivity index (χ1n) is 12.3. The Morgan fingerprint density at radius 1 is 0.919 bits per heavy atom. The van der Waals surface area contributed by atoms with E-state index in [-0.39, 0.29) is 18.4 Å². The average Bonchev–Trinajstić information content (AvgIpc) is 3.42. The summed E-state index contributed by atoms with van der Waals surface area (Å²) in [5.74, 6) is 2.95. The van der Waals surface area contributed by atoms with Crippen molar-refractivity contribution >= 4 is 23.1 Å². The minimum atomic E-state index is 0.0180. The van der Waals surface area contributed by atoms with E-state index in [1.54, 1.807) is 35.5 Å². The molecule has 0 aromatic heterocycles. The van der Waals surface area contributed by atoms with E-state index in [0.29, 0.717) is 28.7 Å². The highest BCUT2D eigenvalue weighted by atomic mass is 16.5. The zero-order chi connectivity index (χ0) is 26.7. The zero-order valence-electron chi connectivity index (χ0n) is 22.7. The Labute approximate surface area is 218 Å². The summed E-state index contributed by atoms with van der Waals surface area (Å²) in [7, 11) is 10.1. The Bertz CT molecular complexity index is 1220. The van der Waals surface area contributed by atoms with Gasteiger partial charge in [0.1, 0.15) is 0 Å². The van der Waals surface area contributed by atoms with Crippen molar-refractivity contribution in [2.75, 3.05) is 55.7 Å². The third-order valence-corrected chi connectivity index (χ3v) is 7.09. The second kappa shape index (κ2) is 11.2. The highest BCUT2D eigenvalue weighted by Gasteiger charge is 2.29. The number of allylic oxidation sites excluding steroid dienone is 2. The van der Waals surface area contributed by atoms with Crippen molar-refractivity contribution in [3.8, 4) is 28.7 Å². The lowest BCUT2D eigenvalue weighted by molar-refractivity contribution is -0.120. The fraction of sp³-hybridized carbons (Fsp3) is 0.414. The van der Waals surface area contributed by atoms with E-state index >= 15 is 0 Å². The first-order chi connectivity index (χ1) is 17.8. The number of fused-ring (bicyclic) bond motifs is 1. The van der Waals surface area contributed by atoms with Gasteiger partial charge in [-0.15, -0.1) is 0 Å². The van der Waals surface area contributed by atoms with E-state index in [0.717, 1.165) is 52.9 Å². The van der Waals surface area contributed by atoms with Gasteiger partial charge in [-0.25, -0.2) is 0 Å². The molecule has 0 spiro atoms. The molecule has 8 heteroatoms. The fourth-order valence-corrected chi connectivity index (χ4v) is 5.18. The molecule has 0 unspecified atom stereocenters. The van der Waals surface area contributed by atoms with Crippen LogP contribution in [0.4, 0.5) is 0 Å². The van der Waals surface area contributed by atoms with Crippen LogP contribution < -0.4 is 29.0 Å². The molecule has 1 aliphatic heterocycles. The number of carbonyl (C=O) groups excluding carboxylic acids is 1. The van der Waals surface area contributed by atoms with Crippen LogP contribution in [0.1, 0.15) is 36.5 Å². The first kappa shape index (κ1) is 26.4. The fourth-order valence-electron chi connectivity index (χ4n) is 5.18. The van der Waals surface area contributed by atoms with Gasteiger partial charge in [0.15, 0.2) is 23.0 Å². The van der Waals surface area contributed by atoms with Gasteiger partial charge in [0, 0.05) is 12.6 Å². The standard InChI is InChI=1S/C29H36N2O6/c1-17-20(10-18-11-26(35-5)29(37-7)27(12-18)36-6)22-13-24(33-3)25(34-4)14-23(22)21(17)15-28(32)30-19-8-9-31(2)16-19/h10-14,19H,8-9,15-16H2,1-7H3,(H,30,32)/b20-10-/t19-/m0/s1. The van der Waals surface area contributed by atoms with Gasteiger partial charge < -0.3 is 33.9 Å². The predicted octanol–water partition coefficient (Wildman–Crippen LogP) is 4.27. The van der Waals surface area contributed by atoms with Crippen molar-refractivity contribution in [3.63, 3.8) is 0 Å². The molecule has 1 fully saturated rings. The van der Waals surface area contributed by atoms with Crippen molar-refractivity contribution in [1.29, 1.82) is 0 Å². The molecule has 4 rings (SSSR count). The smallest absolute Gasteiger partial charge is 0.224 e. The van der Waals surface area contributed by atoms with Gasteiger partial charge in [-0.05, 0) is 90.7 Å². The van der Waals surface area contributed by atoms with Gasteiger partial charge in [0.05, 0.1) is 42.0 Å². The minimum Gasteiger partial charge on any atom is -0.493 e. The number of nitrogens with one attached hydrogen (secondary N) is 1. The van der Waals surface area contributed by atoms with Crippen molar-refractivity contribution in [3.05, 3.63) is 46.5 Å². The van der Waals surface area contributed by atoms with E-state index < -0.39 is 0 Å². The number of likely N-dealkylation sites (tertiary alicyclic amines) is 1. The normalized spacial score (nSPS) is 18.1. The molecular formula is C29H36N2O6. The molecule has 1 atom stereocenters. The van der Waals surface area contributed by atoms with E-state index in [4.69, 9.17) is 23.7 Å². The highest BCUT2D eigenvalue weighted by molar-refractivity contribution is 6.08. The maximum absolute atomic E-state index is 13.1. The molecule has 37 heavy (non-hydrogen) atoms. The quantitative estimate of drug-likeness (QED) is 0.542. The van der Waals surface area contributed by atoms with Crippen molar-refractivity contribution < 1.29 is 28.5 Å². The number of rotatable bonds is 9. The molecule has 0 bridgehead atoms. The van der Waals surface area contributed by atoms with E-state index in [2.05, 4.69) is 30.3 Å². The van der Waals surface area contributed by atoms with Gasteiger partial charge in [-0.3, -0.25) is 4.79 Å². The lowest BCUT2D eigenvalue weighted by Crippen LogP contribution is -2.36. The average molecular weight is 509 g/mol. The number of ether oxygens (including phenoxy) is 5. The van der Waals surface area contributed by atoms with Crippen LogP contribution >= 0.6 is 0 Å². The van der Waals surface area contributed by atoms with E-state index in [9.17, 15) is 4.79 Å². The first-order valence-corrected chi connectivity index (χ1v) is 12.3. The molecule has 8 nitrogen and oxygen atoms in total. The minimum absolute atomic E-state index is 0.0180. The van der Waals surface area contributed by atoms with Crippen LogP contribution in [-0.4, -0.2) is 72.5 Å². The summed E-state index contributed by atoms with van der Waals surface area (Å²) in [6.45, 7) is 3.92. The molecule has 2 aromatic rings. The van der Waals surface area contributed by atoms with Crippen LogP contribution in [0.5, 0.6) is 28.7 Å². The summed E-state index contributed by atoms with van der Waals surface area (Å²) in [4.78, 5) is 15.3. The van der Waals surface area contributed by atoms with Crippen molar-refractivity contribution in [2.45, 2.75) is 25.8 Å². The molecule has 1 heterocycles. The second-order valence-electron chi connectivity index (χ2n) is 9.37. The van der Waals surface area contributed by atoms with Crippen LogP contribution in [0, 0.1) is 0 Å². The molecule has 0 saturated carbocycles. The van der Waals surface area contributed by atoms with Crippen LogP contribution in [0.3, 0.4) is 0 Å². The van der Waals surface area contributed by atoms with Gasteiger partial charge >= 0.3 is 0 Å². The predicted molar refractivity (Wildman–Crippen MR) is 145 cm³/mol. The summed E-state index contributed by atoms with van der Waals surface area (Å²) in [6.07, 6.45) is 3.32. The van der Waals surface area contributed by atoms with Crippen LogP contribution in [0.25, 0.3) is 17.2 Å². The Kier molecular flexibility index (Phi) is 7.97. The monoisotopic (exact) mass is 508 g/mol. The van der Waals surface area contributed by atoms with Crippen LogP contribution in [0.2, 0.25) is 0 Å². The molecule has 1 N–H and O–H groups in total. The molecule has 2 aromatic carbocycles. The largest absolute Gasteiger partial charge is 0.493 e. The summed E-state index contributed by atoms with van der Waals surface area (Å²) < 4.78 is 27.8. The SMILES string of the molecule is COc1cc2c(cc1OC)/C(=C\c1cc(OC)c(OC)c(OC)c1)C(C)=C2CC(=O)N[C@H]1CCN(C)C1. The molecule has 2 aliphatic rings. The van der Waals surface area contributed by atoms with Crippen LogP contribution in [0.15, 0.2) is 29.8 Å². The number of likely N-dealkylation sites (N-methyl/N-ethyl adjacent to an activating group) is 1. The lowest BCUT2D eigenvalue weighted by Gasteiger charge is -2.15. The molecular weight excluding hydrogens is 472 g/mol. The number of hydrogen-bond donors (Lipinski definition) is 1. The van der Waals surface area contributed by atoms with Crippen molar-refractivity contribution in [1.82, 2.24) is 10.2 Å². The number of hydrogen-bond acceptors (Lipinski definition) is 7. The van der Waals surface area contributed by atoms with Gasteiger partial charge in [0.25, 0.3) is 0 Å². The lowest BCUT2D eigenvalue weighted by atomic mass is 9.99. The van der Waals surface area contributed by atoms with E-state index in [1.165, 1.54) is 0 Å². The van der Waals surface area contributed by atoms with Gasteiger partial charge in [-0.2, -0.15) is 0 Å². The number of amides is 1.